The maximum Gasteiger partial charge on any atom is 0.107 e. The fourth-order valence-electron chi connectivity index (χ4n) is 2.41. The number of nitrogens with one attached hydrogen (secondary N) is 1. The van der Waals surface area contributed by atoms with Crippen LogP contribution in [0.4, 0.5) is 0 Å². The van der Waals surface area contributed by atoms with Gasteiger partial charge in [0.2, 0.25) is 0 Å². The van der Waals surface area contributed by atoms with Crippen molar-refractivity contribution in [1.82, 2.24) is 10.3 Å². The van der Waals surface area contributed by atoms with E-state index in [2.05, 4.69) is 38.0 Å². The van der Waals surface area contributed by atoms with Crippen molar-refractivity contribution in [1.29, 1.82) is 0 Å². The predicted molar refractivity (Wildman–Crippen MR) is 71.3 cm³/mol. The Kier molecular flexibility index (Phi) is 3.85. The van der Waals surface area contributed by atoms with E-state index in [9.17, 15) is 0 Å². The highest BCUT2D eigenvalue weighted by atomic mass is 32.1. The topological polar surface area (TPSA) is 34.1 Å². The Morgan fingerprint density at radius 2 is 2.35 bits per heavy atom. The summed E-state index contributed by atoms with van der Waals surface area (Å²) in [5, 5.41) is 4.77. The van der Waals surface area contributed by atoms with E-state index < -0.39 is 0 Å². The highest BCUT2D eigenvalue weighted by Gasteiger charge is 2.48. The molecule has 96 valence electrons. The SMILES string of the molecule is CCO[C@@H]1C[C@@H](NCc2ncc(C)s2)C1(C)C. The third-order valence-corrected chi connectivity index (χ3v) is 4.63. The maximum absolute atomic E-state index is 5.73. The van der Waals surface area contributed by atoms with Crippen LogP contribution >= 0.6 is 11.3 Å². The molecule has 1 fully saturated rings. The summed E-state index contributed by atoms with van der Waals surface area (Å²) in [5.74, 6) is 0. The number of hydrogen-bond donors (Lipinski definition) is 1. The summed E-state index contributed by atoms with van der Waals surface area (Å²) in [4.78, 5) is 5.65. The first-order chi connectivity index (χ1) is 8.04. The Morgan fingerprint density at radius 1 is 1.59 bits per heavy atom. The van der Waals surface area contributed by atoms with E-state index in [1.54, 1.807) is 11.3 Å². The molecule has 1 heterocycles. The Bertz CT molecular complexity index is 375. The zero-order chi connectivity index (χ0) is 12.5. The Morgan fingerprint density at radius 3 is 2.88 bits per heavy atom. The van der Waals surface area contributed by atoms with Crippen molar-refractivity contribution in [2.24, 2.45) is 5.41 Å². The molecule has 0 radical (unpaired) electrons. The van der Waals surface area contributed by atoms with Crippen molar-refractivity contribution in [2.75, 3.05) is 6.61 Å². The molecule has 0 spiro atoms. The van der Waals surface area contributed by atoms with Gasteiger partial charge in [0.15, 0.2) is 0 Å². The van der Waals surface area contributed by atoms with Crippen molar-refractivity contribution < 1.29 is 4.74 Å². The molecule has 17 heavy (non-hydrogen) atoms. The number of aryl methyl sites for hydroxylation is 1. The number of rotatable bonds is 5. The Labute approximate surface area is 108 Å². The van der Waals surface area contributed by atoms with Crippen LogP contribution in [0.25, 0.3) is 0 Å². The molecule has 4 heteroatoms. The van der Waals surface area contributed by atoms with Crippen LogP contribution in [0, 0.1) is 12.3 Å². The van der Waals surface area contributed by atoms with E-state index in [1.807, 2.05) is 6.20 Å². The van der Waals surface area contributed by atoms with Crippen LogP contribution in [0.15, 0.2) is 6.20 Å². The van der Waals surface area contributed by atoms with Crippen LogP contribution in [-0.4, -0.2) is 23.7 Å². The minimum Gasteiger partial charge on any atom is -0.378 e. The highest BCUT2D eigenvalue weighted by Crippen LogP contribution is 2.42. The van der Waals surface area contributed by atoms with Crippen LogP contribution in [-0.2, 0) is 11.3 Å². The number of thiazole rings is 1. The summed E-state index contributed by atoms with van der Waals surface area (Å²) < 4.78 is 5.73. The summed E-state index contributed by atoms with van der Waals surface area (Å²) in [6.45, 7) is 10.4. The van der Waals surface area contributed by atoms with Crippen LogP contribution in [0.1, 0.15) is 37.1 Å². The second kappa shape index (κ2) is 5.04. The van der Waals surface area contributed by atoms with Crippen LogP contribution in [0.5, 0.6) is 0 Å². The summed E-state index contributed by atoms with van der Waals surface area (Å²) in [7, 11) is 0. The monoisotopic (exact) mass is 254 g/mol. The number of aromatic nitrogens is 1. The third kappa shape index (κ3) is 2.69. The van der Waals surface area contributed by atoms with E-state index in [0.717, 1.165) is 19.6 Å². The van der Waals surface area contributed by atoms with Gasteiger partial charge in [-0.25, -0.2) is 4.98 Å². The normalized spacial score (nSPS) is 26.8. The lowest BCUT2D eigenvalue weighted by molar-refractivity contribution is -0.114. The smallest absolute Gasteiger partial charge is 0.107 e. The van der Waals surface area contributed by atoms with E-state index in [1.165, 1.54) is 9.88 Å². The maximum atomic E-state index is 5.73. The van der Waals surface area contributed by atoms with Gasteiger partial charge in [-0.1, -0.05) is 13.8 Å². The second-order valence-electron chi connectivity index (χ2n) is 5.30. The van der Waals surface area contributed by atoms with Crippen LogP contribution in [0.2, 0.25) is 0 Å². The van der Waals surface area contributed by atoms with Crippen LogP contribution < -0.4 is 5.32 Å². The third-order valence-electron chi connectivity index (χ3n) is 3.71. The van der Waals surface area contributed by atoms with Crippen molar-refractivity contribution in [3.8, 4) is 0 Å². The molecule has 0 bridgehead atoms. The summed E-state index contributed by atoms with van der Waals surface area (Å²) in [6, 6.07) is 0.545. The number of nitrogens with zero attached hydrogens (tertiary/aromatic N) is 1. The van der Waals surface area contributed by atoms with E-state index >= 15 is 0 Å². The molecule has 2 rings (SSSR count). The predicted octanol–water partition coefficient (Wildman–Crippen LogP) is 2.74. The molecule has 1 saturated carbocycles. The molecule has 2 atom stereocenters. The Hall–Kier alpha value is -0.450. The fourth-order valence-corrected chi connectivity index (χ4v) is 3.15. The molecule has 0 unspecified atom stereocenters. The van der Waals surface area contributed by atoms with E-state index in [4.69, 9.17) is 4.74 Å². The molecule has 0 aromatic carbocycles. The quantitative estimate of drug-likeness (QED) is 0.877. The highest BCUT2D eigenvalue weighted by molar-refractivity contribution is 7.11. The molecular weight excluding hydrogens is 232 g/mol. The molecule has 3 nitrogen and oxygen atoms in total. The van der Waals surface area contributed by atoms with Gasteiger partial charge in [-0.2, -0.15) is 0 Å². The number of ether oxygens (including phenoxy) is 1. The van der Waals surface area contributed by atoms with Gasteiger partial charge in [-0.3, -0.25) is 0 Å². The lowest BCUT2D eigenvalue weighted by atomic mass is 9.64. The lowest BCUT2D eigenvalue weighted by Crippen LogP contribution is -2.60. The van der Waals surface area contributed by atoms with E-state index in [-0.39, 0.29) is 5.41 Å². The summed E-state index contributed by atoms with van der Waals surface area (Å²) in [6.07, 6.45) is 3.46. The molecule has 1 aromatic heterocycles. The first-order valence-electron chi connectivity index (χ1n) is 6.30. The first kappa shape index (κ1) is 13.0. The van der Waals surface area contributed by atoms with Gasteiger partial charge >= 0.3 is 0 Å². The van der Waals surface area contributed by atoms with Crippen LogP contribution in [0.3, 0.4) is 0 Å². The average Bonchev–Trinajstić information content (AvgIpc) is 2.68. The summed E-state index contributed by atoms with van der Waals surface area (Å²) >= 11 is 1.77. The molecular formula is C13H22N2OS. The minimum absolute atomic E-state index is 0.238. The largest absolute Gasteiger partial charge is 0.378 e. The number of hydrogen-bond acceptors (Lipinski definition) is 4. The molecule has 0 saturated heterocycles. The standard InChI is InChI=1S/C13H22N2OS/c1-5-16-11-6-10(13(11,3)4)14-8-12-15-7-9(2)17-12/h7,10-11,14H,5-6,8H2,1-4H3/t10-,11-/m1/s1. The van der Waals surface area contributed by atoms with Crippen molar-refractivity contribution in [2.45, 2.75) is 52.8 Å². The second-order valence-corrected chi connectivity index (χ2v) is 6.62. The molecule has 0 aliphatic heterocycles. The molecule has 1 aromatic rings. The first-order valence-corrected chi connectivity index (χ1v) is 7.12. The van der Waals surface area contributed by atoms with Gasteiger partial charge in [-0.15, -0.1) is 11.3 Å². The molecule has 1 aliphatic rings. The van der Waals surface area contributed by atoms with Crippen molar-refractivity contribution >= 4 is 11.3 Å². The van der Waals surface area contributed by atoms with Gasteiger partial charge in [0.1, 0.15) is 5.01 Å². The van der Waals surface area contributed by atoms with Gasteiger partial charge in [-0.05, 0) is 20.3 Å². The van der Waals surface area contributed by atoms with Gasteiger partial charge in [0, 0.05) is 35.7 Å². The fraction of sp³-hybridized carbons (Fsp3) is 0.769. The van der Waals surface area contributed by atoms with Gasteiger partial charge in [0.05, 0.1) is 6.10 Å². The van der Waals surface area contributed by atoms with Gasteiger partial charge in [0.25, 0.3) is 0 Å². The van der Waals surface area contributed by atoms with Crippen molar-refractivity contribution in [3.63, 3.8) is 0 Å². The minimum atomic E-state index is 0.238. The zero-order valence-corrected chi connectivity index (χ0v) is 11.9. The Balaban J connectivity index is 1.82. The zero-order valence-electron chi connectivity index (χ0n) is 11.1. The van der Waals surface area contributed by atoms with E-state index in [0.29, 0.717) is 12.1 Å². The molecule has 0 amide bonds. The van der Waals surface area contributed by atoms with Crippen molar-refractivity contribution in [3.05, 3.63) is 16.1 Å². The average molecular weight is 254 g/mol. The summed E-state index contributed by atoms with van der Waals surface area (Å²) in [5.41, 5.74) is 0.238. The van der Waals surface area contributed by atoms with Gasteiger partial charge < -0.3 is 10.1 Å². The molecule has 1 N–H and O–H groups in total. The lowest BCUT2D eigenvalue weighted by Gasteiger charge is -2.51. The molecule has 1 aliphatic carbocycles.